The quantitative estimate of drug-likeness (QED) is 0.358. The molecule has 1 aromatic rings. The molecule has 1 aromatic carbocycles. The van der Waals surface area contributed by atoms with Crippen molar-refractivity contribution < 1.29 is 9.53 Å². The first kappa shape index (κ1) is 11.8. The van der Waals surface area contributed by atoms with Gasteiger partial charge in [-0.05, 0) is 18.6 Å². The van der Waals surface area contributed by atoms with E-state index in [1.165, 1.54) is 0 Å². The zero-order valence-electron chi connectivity index (χ0n) is 8.42. The van der Waals surface area contributed by atoms with Crippen LogP contribution in [0.5, 0.6) is 0 Å². The van der Waals surface area contributed by atoms with Crippen LogP contribution in [0.3, 0.4) is 0 Å². The van der Waals surface area contributed by atoms with Gasteiger partial charge in [0.15, 0.2) is 0 Å². The standard InChI is InChI=1S/C10H13ClN2O2/c1-2-15-10(14)9-7(6-11)4-3-5-8(9)13-12/h3-5,13H,2,6,12H2,1H3. The summed E-state index contributed by atoms with van der Waals surface area (Å²) in [6.07, 6.45) is 0. The molecule has 0 unspecified atom stereocenters. The van der Waals surface area contributed by atoms with Gasteiger partial charge in [-0.1, -0.05) is 12.1 Å². The Bertz CT molecular complexity index is 333. The number of nitrogens with one attached hydrogen (secondary N) is 1. The largest absolute Gasteiger partial charge is 0.462 e. The Labute approximate surface area is 93.3 Å². The number of carbonyl (C=O) groups is 1. The second-order valence-corrected chi connectivity index (χ2v) is 3.11. The van der Waals surface area contributed by atoms with Gasteiger partial charge in [-0.25, -0.2) is 4.79 Å². The summed E-state index contributed by atoms with van der Waals surface area (Å²) in [7, 11) is 0. The number of benzene rings is 1. The highest BCUT2D eigenvalue weighted by molar-refractivity contribution is 6.18. The minimum Gasteiger partial charge on any atom is -0.462 e. The van der Waals surface area contributed by atoms with E-state index in [0.29, 0.717) is 23.4 Å². The van der Waals surface area contributed by atoms with Crippen LogP contribution in [0.1, 0.15) is 22.8 Å². The highest BCUT2D eigenvalue weighted by atomic mass is 35.5. The second-order valence-electron chi connectivity index (χ2n) is 2.84. The lowest BCUT2D eigenvalue weighted by atomic mass is 10.1. The van der Waals surface area contributed by atoms with Crippen LogP contribution in [0.2, 0.25) is 0 Å². The van der Waals surface area contributed by atoms with Gasteiger partial charge in [0.2, 0.25) is 0 Å². The molecule has 0 saturated heterocycles. The number of nitrogen functional groups attached to an aromatic ring is 1. The average molecular weight is 229 g/mol. The van der Waals surface area contributed by atoms with Gasteiger partial charge in [-0.3, -0.25) is 5.84 Å². The van der Waals surface area contributed by atoms with Crippen LogP contribution in [-0.4, -0.2) is 12.6 Å². The summed E-state index contributed by atoms with van der Waals surface area (Å²) in [6, 6.07) is 5.23. The maximum atomic E-state index is 11.6. The third kappa shape index (κ3) is 2.61. The number of hydrazine groups is 1. The van der Waals surface area contributed by atoms with Gasteiger partial charge in [-0.2, -0.15) is 0 Å². The molecule has 0 aromatic heterocycles. The smallest absolute Gasteiger partial charge is 0.340 e. The summed E-state index contributed by atoms with van der Waals surface area (Å²) >= 11 is 5.73. The minimum atomic E-state index is -0.415. The number of esters is 1. The van der Waals surface area contributed by atoms with E-state index in [1.807, 2.05) is 0 Å². The van der Waals surface area contributed by atoms with Crippen LogP contribution < -0.4 is 11.3 Å². The van der Waals surface area contributed by atoms with Crippen molar-refractivity contribution in [2.24, 2.45) is 5.84 Å². The van der Waals surface area contributed by atoms with Gasteiger partial charge in [0.25, 0.3) is 0 Å². The van der Waals surface area contributed by atoms with Gasteiger partial charge in [-0.15, -0.1) is 11.6 Å². The third-order valence-corrected chi connectivity index (χ3v) is 2.22. The molecule has 0 atom stereocenters. The lowest BCUT2D eigenvalue weighted by Crippen LogP contribution is -2.15. The molecular formula is C10H13ClN2O2. The lowest BCUT2D eigenvalue weighted by Gasteiger charge is -2.11. The molecule has 0 amide bonds. The highest BCUT2D eigenvalue weighted by Gasteiger charge is 2.16. The van der Waals surface area contributed by atoms with Crippen LogP contribution >= 0.6 is 11.6 Å². The number of carbonyl (C=O) groups excluding carboxylic acids is 1. The van der Waals surface area contributed by atoms with Gasteiger partial charge in [0, 0.05) is 5.88 Å². The number of hydrogen-bond acceptors (Lipinski definition) is 4. The van der Waals surface area contributed by atoms with Gasteiger partial charge in [0.1, 0.15) is 0 Å². The zero-order chi connectivity index (χ0) is 11.3. The summed E-state index contributed by atoms with van der Waals surface area (Å²) in [5.41, 5.74) is 4.07. The van der Waals surface area contributed by atoms with Crippen molar-refractivity contribution in [1.82, 2.24) is 0 Å². The molecule has 1 rings (SSSR count). The molecule has 0 bridgehead atoms. The van der Waals surface area contributed by atoms with Crippen LogP contribution in [0.15, 0.2) is 18.2 Å². The van der Waals surface area contributed by atoms with Gasteiger partial charge in [0.05, 0.1) is 17.9 Å². The molecule has 3 N–H and O–H groups in total. The Morgan fingerprint density at radius 1 is 1.60 bits per heavy atom. The van der Waals surface area contributed by atoms with E-state index in [9.17, 15) is 4.79 Å². The molecule has 0 aliphatic carbocycles. The van der Waals surface area contributed by atoms with Crippen LogP contribution in [0.4, 0.5) is 5.69 Å². The maximum Gasteiger partial charge on any atom is 0.340 e. The van der Waals surface area contributed by atoms with E-state index in [-0.39, 0.29) is 5.88 Å². The third-order valence-electron chi connectivity index (χ3n) is 1.93. The molecule has 0 spiro atoms. The van der Waals surface area contributed by atoms with Crippen LogP contribution in [0, 0.1) is 0 Å². The predicted octanol–water partition coefficient (Wildman–Crippen LogP) is 1.89. The molecular weight excluding hydrogens is 216 g/mol. The molecule has 0 heterocycles. The Morgan fingerprint density at radius 3 is 2.87 bits per heavy atom. The summed E-state index contributed by atoms with van der Waals surface area (Å²) in [5, 5.41) is 0. The van der Waals surface area contributed by atoms with E-state index in [0.717, 1.165) is 0 Å². The van der Waals surface area contributed by atoms with Crippen molar-refractivity contribution in [3.8, 4) is 0 Å². The van der Waals surface area contributed by atoms with E-state index in [1.54, 1.807) is 25.1 Å². The van der Waals surface area contributed by atoms with Crippen molar-refractivity contribution in [3.05, 3.63) is 29.3 Å². The van der Waals surface area contributed by atoms with Gasteiger partial charge < -0.3 is 10.2 Å². The summed E-state index contributed by atoms with van der Waals surface area (Å²) in [6.45, 7) is 2.07. The fraction of sp³-hybridized carbons (Fsp3) is 0.300. The first-order chi connectivity index (χ1) is 7.24. The van der Waals surface area contributed by atoms with Crippen molar-refractivity contribution in [2.45, 2.75) is 12.8 Å². The van der Waals surface area contributed by atoms with Crippen molar-refractivity contribution in [2.75, 3.05) is 12.0 Å². The molecule has 15 heavy (non-hydrogen) atoms. The fourth-order valence-corrected chi connectivity index (χ4v) is 1.50. The molecule has 0 radical (unpaired) electrons. The lowest BCUT2D eigenvalue weighted by molar-refractivity contribution is 0.0526. The molecule has 0 saturated carbocycles. The number of halogens is 1. The molecule has 4 nitrogen and oxygen atoms in total. The normalized spacial score (nSPS) is 9.80. The number of anilines is 1. The first-order valence-electron chi connectivity index (χ1n) is 4.56. The number of nitrogens with two attached hydrogens (primary N) is 1. The summed E-state index contributed by atoms with van der Waals surface area (Å²) < 4.78 is 4.92. The number of rotatable bonds is 4. The molecule has 0 fully saturated rings. The zero-order valence-corrected chi connectivity index (χ0v) is 9.17. The number of alkyl halides is 1. The topological polar surface area (TPSA) is 64.3 Å². The molecule has 0 aliphatic heterocycles. The average Bonchev–Trinajstić information content (AvgIpc) is 2.28. The molecule has 0 aliphatic rings. The SMILES string of the molecule is CCOC(=O)c1c(CCl)cccc1NN. The van der Waals surface area contributed by atoms with E-state index < -0.39 is 5.97 Å². The van der Waals surface area contributed by atoms with Gasteiger partial charge >= 0.3 is 5.97 Å². The van der Waals surface area contributed by atoms with E-state index in [4.69, 9.17) is 22.2 Å². The fourth-order valence-electron chi connectivity index (χ4n) is 1.28. The Morgan fingerprint density at radius 2 is 2.33 bits per heavy atom. The molecule has 82 valence electrons. The number of ether oxygens (including phenoxy) is 1. The van der Waals surface area contributed by atoms with Crippen LogP contribution in [-0.2, 0) is 10.6 Å². The summed E-state index contributed by atoms with van der Waals surface area (Å²) in [5.74, 6) is 5.13. The Kier molecular flexibility index (Phi) is 4.39. The summed E-state index contributed by atoms with van der Waals surface area (Å²) in [4.78, 5) is 11.6. The molecule has 5 heteroatoms. The minimum absolute atomic E-state index is 0.240. The predicted molar refractivity (Wildman–Crippen MR) is 59.8 cm³/mol. The van der Waals surface area contributed by atoms with Crippen molar-refractivity contribution in [3.63, 3.8) is 0 Å². The highest BCUT2D eigenvalue weighted by Crippen LogP contribution is 2.21. The number of hydrogen-bond donors (Lipinski definition) is 2. The van der Waals surface area contributed by atoms with Crippen LogP contribution in [0.25, 0.3) is 0 Å². The Balaban J connectivity index is 3.15. The van der Waals surface area contributed by atoms with E-state index >= 15 is 0 Å². The van der Waals surface area contributed by atoms with E-state index in [2.05, 4.69) is 5.43 Å². The maximum absolute atomic E-state index is 11.6. The Hall–Kier alpha value is -1.26. The van der Waals surface area contributed by atoms with Crippen molar-refractivity contribution >= 4 is 23.3 Å². The second kappa shape index (κ2) is 5.58. The monoisotopic (exact) mass is 228 g/mol. The van der Waals surface area contributed by atoms with Crippen molar-refractivity contribution in [1.29, 1.82) is 0 Å². The first-order valence-corrected chi connectivity index (χ1v) is 5.09.